The molecule has 2 aromatic carbocycles. The van der Waals surface area contributed by atoms with E-state index in [1.54, 1.807) is 30.3 Å². The number of sulfonamides is 1. The molecule has 0 atom stereocenters. The number of thiocarbonyl (C=S) groups is 1. The normalized spacial score (nSPS) is 14.7. The average Bonchev–Trinajstić information content (AvgIpc) is 3.17. The molecule has 2 aromatic rings. The van der Waals surface area contributed by atoms with E-state index < -0.39 is 10.0 Å². The van der Waals surface area contributed by atoms with Crippen molar-refractivity contribution in [1.29, 1.82) is 0 Å². The fraction of sp³-hybridized carbons (Fsp3) is 0.222. The Balaban J connectivity index is 1.62. The zero-order valence-electron chi connectivity index (χ0n) is 14.3. The summed E-state index contributed by atoms with van der Waals surface area (Å²) in [6.45, 7) is 1.13. The van der Waals surface area contributed by atoms with Gasteiger partial charge in [-0.15, -0.1) is 0 Å². The quantitative estimate of drug-likeness (QED) is 0.673. The molecule has 1 amide bonds. The SMILES string of the molecule is O=C(NC(=S)Nc1ccc(S(=O)(=O)N2CCCC2)cc1)c1cccc(Br)c1. The lowest BCUT2D eigenvalue weighted by Crippen LogP contribution is -2.34. The van der Waals surface area contributed by atoms with Crippen LogP contribution in [0.4, 0.5) is 5.69 Å². The van der Waals surface area contributed by atoms with Gasteiger partial charge in [-0.1, -0.05) is 22.0 Å². The second-order valence-corrected chi connectivity index (χ2v) is 9.32. The molecule has 1 fully saturated rings. The summed E-state index contributed by atoms with van der Waals surface area (Å²) in [6.07, 6.45) is 1.79. The van der Waals surface area contributed by atoms with Gasteiger partial charge in [-0.2, -0.15) is 4.31 Å². The molecule has 9 heteroatoms. The largest absolute Gasteiger partial charge is 0.332 e. The van der Waals surface area contributed by atoms with E-state index in [4.69, 9.17) is 12.2 Å². The first-order chi connectivity index (χ1) is 12.9. The molecule has 1 aliphatic rings. The maximum Gasteiger partial charge on any atom is 0.257 e. The van der Waals surface area contributed by atoms with E-state index in [-0.39, 0.29) is 15.9 Å². The number of anilines is 1. The van der Waals surface area contributed by atoms with E-state index in [0.717, 1.165) is 17.3 Å². The van der Waals surface area contributed by atoms with Crippen LogP contribution < -0.4 is 10.6 Å². The van der Waals surface area contributed by atoms with Crippen LogP contribution in [0.5, 0.6) is 0 Å². The van der Waals surface area contributed by atoms with Crippen molar-refractivity contribution in [2.75, 3.05) is 18.4 Å². The molecule has 1 heterocycles. The second-order valence-electron chi connectivity index (χ2n) is 6.05. The predicted molar refractivity (Wildman–Crippen MR) is 112 cm³/mol. The fourth-order valence-corrected chi connectivity index (χ4v) is 4.88. The molecule has 0 radical (unpaired) electrons. The van der Waals surface area contributed by atoms with E-state index in [1.165, 1.54) is 16.4 Å². The van der Waals surface area contributed by atoms with Crippen molar-refractivity contribution < 1.29 is 13.2 Å². The molecule has 0 bridgehead atoms. The lowest BCUT2D eigenvalue weighted by Gasteiger charge is -2.16. The highest BCUT2D eigenvalue weighted by Crippen LogP contribution is 2.22. The highest BCUT2D eigenvalue weighted by molar-refractivity contribution is 9.10. The molecule has 1 saturated heterocycles. The summed E-state index contributed by atoms with van der Waals surface area (Å²) in [5.74, 6) is -0.331. The van der Waals surface area contributed by atoms with Crippen molar-refractivity contribution in [2.45, 2.75) is 17.7 Å². The summed E-state index contributed by atoms with van der Waals surface area (Å²) in [4.78, 5) is 12.4. The van der Waals surface area contributed by atoms with E-state index in [2.05, 4.69) is 26.6 Å². The van der Waals surface area contributed by atoms with Crippen LogP contribution in [0.25, 0.3) is 0 Å². The summed E-state index contributed by atoms with van der Waals surface area (Å²) in [6, 6.07) is 13.3. The van der Waals surface area contributed by atoms with Gasteiger partial charge in [0, 0.05) is 28.8 Å². The Morgan fingerprint density at radius 3 is 2.37 bits per heavy atom. The van der Waals surface area contributed by atoms with Gasteiger partial charge < -0.3 is 5.32 Å². The van der Waals surface area contributed by atoms with E-state index in [9.17, 15) is 13.2 Å². The first kappa shape index (κ1) is 19.9. The van der Waals surface area contributed by atoms with E-state index in [1.807, 2.05) is 6.07 Å². The first-order valence-corrected chi connectivity index (χ1v) is 11.0. The average molecular weight is 468 g/mol. The number of benzene rings is 2. The maximum absolute atomic E-state index is 12.5. The van der Waals surface area contributed by atoms with Crippen molar-refractivity contribution in [3.63, 3.8) is 0 Å². The van der Waals surface area contributed by atoms with Crippen LogP contribution in [0.1, 0.15) is 23.2 Å². The number of rotatable bonds is 4. The monoisotopic (exact) mass is 467 g/mol. The van der Waals surface area contributed by atoms with Crippen LogP contribution in [0.15, 0.2) is 57.9 Å². The van der Waals surface area contributed by atoms with Crippen molar-refractivity contribution in [3.05, 3.63) is 58.6 Å². The zero-order valence-corrected chi connectivity index (χ0v) is 17.5. The molecule has 27 heavy (non-hydrogen) atoms. The Morgan fingerprint density at radius 2 is 1.74 bits per heavy atom. The van der Waals surface area contributed by atoms with Gasteiger partial charge >= 0.3 is 0 Å². The van der Waals surface area contributed by atoms with Crippen molar-refractivity contribution in [1.82, 2.24) is 9.62 Å². The Morgan fingerprint density at radius 1 is 1.07 bits per heavy atom. The topological polar surface area (TPSA) is 78.5 Å². The summed E-state index contributed by atoms with van der Waals surface area (Å²) in [5, 5.41) is 5.61. The molecule has 3 rings (SSSR count). The van der Waals surface area contributed by atoms with Gasteiger partial charge in [-0.3, -0.25) is 10.1 Å². The Labute approximate surface area is 172 Å². The molecule has 0 unspecified atom stereocenters. The minimum absolute atomic E-state index is 0.134. The van der Waals surface area contributed by atoms with Gasteiger partial charge in [0.1, 0.15) is 0 Å². The summed E-state index contributed by atoms with van der Waals surface area (Å²) in [5.41, 5.74) is 1.07. The van der Waals surface area contributed by atoms with E-state index in [0.29, 0.717) is 24.3 Å². The van der Waals surface area contributed by atoms with Crippen LogP contribution >= 0.6 is 28.1 Å². The smallest absolute Gasteiger partial charge is 0.257 e. The molecule has 0 saturated carbocycles. The standard InChI is InChI=1S/C18H18BrN3O3S2/c19-14-5-3-4-13(12-14)17(23)21-18(26)20-15-6-8-16(9-7-15)27(24,25)22-10-1-2-11-22/h3-9,12H,1-2,10-11H2,(H2,20,21,23,26). The van der Waals surface area contributed by atoms with Crippen LogP contribution in [-0.4, -0.2) is 36.8 Å². The van der Waals surface area contributed by atoms with Gasteiger partial charge in [-0.05, 0) is 67.5 Å². The van der Waals surface area contributed by atoms with E-state index >= 15 is 0 Å². The van der Waals surface area contributed by atoms with Crippen LogP contribution in [0, 0.1) is 0 Å². The number of carbonyl (C=O) groups excluding carboxylic acids is 1. The van der Waals surface area contributed by atoms with Gasteiger partial charge in [0.15, 0.2) is 5.11 Å². The lowest BCUT2D eigenvalue weighted by atomic mass is 10.2. The van der Waals surface area contributed by atoms with Crippen LogP contribution in [0.2, 0.25) is 0 Å². The fourth-order valence-electron chi connectivity index (χ4n) is 2.76. The molecule has 142 valence electrons. The van der Waals surface area contributed by atoms with Gasteiger partial charge in [0.2, 0.25) is 10.0 Å². The Kier molecular flexibility index (Phi) is 6.25. The van der Waals surface area contributed by atoms with Crippen molar-refractivity contribution in [2.24, 2.45) is 0 Å². The van der Waals surface area contributed by atoms with Crippen molar-refractivity contribution in [3.8, 4) is 0 Å². The highest BCUT2D eigenvalue weighted by atomic mass is 79.9. The lowest BCUT2D eigenvalue weighted by molar-refractivity contribution is 0.0977. The number of nitrogens with one attached hydrogen (secondary N) is 2. The molecular formula is C18H18BrN3O3S2. The predicted octanol–water partition coefficient (Wildman–Crippen LogP) is 3.36. The van der Waals surface area contributed by atoms with Gasteiger partial charge in [0.25, 0.3) is 5.91 Å². The first-order valence-electron chi connectivity index (χ1n) is 8.34. The number of amides is 1. The Hall–Kier alpha value is -1.81. The number of hydrogen-bond donors (Lipinski definition) is 2. The number of nitrogens with zero attached hydrogens (tertiary/aromatic N) is 1. The molecule has 2 N–H and O–H groups in total. The van der Waals surface area contributed by atoms with Gasteiger partial charge in [-0.25, -0.2) is 8.42 Å². The number of halogens is 1. The highest BCUT2D eigenvalue weighted by Gasteiger charge is 2.26. The molecule has 0 aromatic heterocycles. The third-order valence-corrected chi connectivity index (χ3v) is 6.74. The third-order valence-electron chi connectivity index (χ3n) is 4.13. The minimum atomic E-state index is -3.44. The number of carbonyl (C=O) groups is 1. The molecule has 0 aliphatic carbocycles. The minimum Gasteiger partial charge on any atom is -0.332 e. The molecule has 0 spiro atoms. The third kappa shape index (κ3) is 4.92. The maximum atomic E-state index is 12.5. The van der Waals surface area contributed by atoms with Crippen LogP contribution in [0.3, 0.4) is 0 Å². The molecular weight excluding hydrogens is 450 g/mol. The summed E-state index contributed by atoms with van der Waals surface area (Å²) in [7, 11) is -3.44. The molecule has 6 nitrogen and oxygen atoms in total. The van der Waals surface area contributed by atoms with Gasteiger partial charge in [0.05, 0.1) is 4.90 Å². The number of hydrogen-bond acceptors (Lipinski definition) is 4. The summed E-state index contributed by atoms with van der Waals surface area (Å²) < 4.78 is 27.3. The van der Waals surface area contributed by atoms with Crippen molar-refractivity contribution >= 4 is 54.9 Å². The Bertz CT molecular complexity index is 956. The van der Waals surface area contributed by atoms with Crippen LogP contribution in [-0.2, 0) is 10.0 Å². The molecule has 1 aliphatic heterocycles. The second kappa shape index (κ2) is 8.47. The zero-order chi connectivity index (χ0) is 19.4. The summed E-state index contributed by atoms with van der Waals surface area (Å²) >= 11 is 8.47.